The van der Waals surface area contributed by atoms with Crippen LogP contribution >= 0.6 is 0 Å². The van der Waals surface area contributed by atoms with E-state index in [2.05, 4.69) is 15.7 Å². The van der Waals surface area contributed by atoms with Crippen LogP contribution in [-0.2, 0) is 18.3 Å². The highest BCUT2D eigenvalue weighted by atomic mass is 16.4. The van der Waals surface area contributed by atoms with Gasteiger partial charge in [0, 0.05) is 44.9 Å². The van der Waals surface area contributed by atoms with E-state index in [1.54, 1.807) is 10.9 Å². The Morgan fingerprint density at radius 1 is 1.32 bits per heavy atom. The lowest BCUT2D eigenvalue weighted by atomic mass is 10.2. The van der Waals surface area contributed by atoms with Crippen molar-refractivity contribution in [2.75, 3.05) is 13.1 Å². The molecule has 2 amide bonds. The van der Waals surface area contributed by atoms with Crippen LogP contribution in [0.2, 0.25) is 0 Å². The maximum absolute atomic E-state index is 11.4. The molecule has 0 aliphatic rings. The van der Waals surface area contributed by atoms with Gasteiger partial charge in [-0.2, -0.15) is 5.10 Å². The zero-order chi connectivity index (χ0) is 14.1. The fourth-order valence-electron chi connectivity index (χ4n) is 1.62. The van der Waals surface area contributed by atoms with E-state index in [0.717, 1.165) is 12.1 Å². The summed E-state index contributed by atoms with van der Waals surface area (Å²) in [6.07, 6.45) is 3.83. The van der Waals surface area contributed by atoms with Gasteiger partial charge in [0.2, 0.25) is 0 Å². The molecule has 1 aromatic heterocycles. The number of unbranched alkanes of at least 4 members (excludes halogenated alkanes) is 1. The highest BCUT2D eigenvalue weighted by Gasteiger charge is 2.02. The van der Waals surface area contributed by atoms with Gasteiger partial charge in [-0.3, -0.25) is 9.48 Å². The molecule has 106 valence electrons. The summed E-state index contributed by atoms with van der Waals surface area (Å²) in [6.45, 7) is 1.03. The van der Waals surface area contributed by atoms with Crippen LogP contribution in [0.3, 0.4) is 0 Å². The summed E-state index contributed by atoms with van der Waals surface area (Å²) in [5.74, 6) is -0.805. The molecular formula is C12H20N4O3. The topological polar surface area (TPSA) is 96.3 Å². The number of carbonyl (C=O) groups excluding carboxylic acids is 1. The lowest BCUT2D eigenvalue weighted by Crippen LogP contribution is -2.37. The molecule has 0 radical (unpaired) electrons. The molecule has 0 bridgehead atoms. The van der Waals surface area contributed by atoms with Crippen molar-refractivity contribution in [2.45, 2.75) is 25.7 Å². The number of aliphatic carboxylic acids is 1. The monoisotopic (exact) mass is 268 g/mol. The Balaban J connectivity index is 2.02. The minimum atomic E-state index is -0.805. The van der Waals surface area contributed by atoms with Crippen molar-refractivity contribution < 1.29 is 14.7 Å². The quantitative estimate of drug-likeness (QED) is 0.599. The van der Waals surface area contributed by atoms with Crippen molar-refractivity contribution in [1.29, 1.82) is 0 Å². The van der Waals surface area contributed by atoms with Crippen molar-refractivity contribution in [1.82, 2.24) is 20.4 Å². The van der Waals surface area contributed by atoms with E-state index in [9.17, 15) is 9.59 Å². The van der Waals surface area contributed by atoms with Gasteiger partial charge in [-0.1, -0.05) is 0 Å². The Hall–Kier alpha value is -2.05. The SMILES string of the molecule is Cn1nccc1CCNC(=O)NCCCCC(=O)O. The van der Waals surface area contributed by atoms with Crippen molar-refractivity contribution in [3.63, 3.8) is 0 Å². The lowest BCUT2D eigenvalue weighted by molar-refractivity contribution is -0.137. The normalized spacial score (nSPS) is 10.2. The Morgan fingerprint density at radius 2 is 2.05 bits per heavy atom. The Morgan fingerprint density at radius 3 is 2.68 bits per heavy atom. The van der Waals surface area contributed by atoms with Crippen molar-refractivity contribution in [2.24, 2.45) is 7.05 Å². The number of carboxylic acids is 1. The van der Waals surface area contributed by atoms with Gasteiger partial charge in [-0.05, 0) is 18.9 Å². The number of amides is 2. The number of hydrogen-bond donors (Lipinski definition) is 3. The second-order valence-corrected chi connectivity index (χ2v) is 4.23. The molecule has 7 nitrogen and oxygen atoms in total. The maximum atomic E-state index is 11.4. The fourth-order valence-corrected chi connectivity index (χ4v) is 1.62. The van der Waals surface area contributed by atoms with Crippen LogP contribution in [0.5, 0.6) is 0 Å². The van der Waals surface area contributed by atoms with Crippen molar-refractivity contribution >= 4 is 12.0 Å². The van der Waals surface area contributed by atoms with Gasteiger partial charge < -0.3 is 15.7 Å². The molecule has 0 atom stereocenters. The summed E-state index contributed by atoms with van der Waals surface area (Å²) >= 11 is 0. The number of aryl methyl sites for hydroxylation is 1. The Bertz CT molecular complexity index is 417. The molecule has 19 heavy (non-hydrogen) atoms. The van der Waals surface area contributed by atoms with E-state index in [4.69, 9.17) is 5.11 Å². The molecule has 0 unspecified atom stereocenters. The van der Waals surface area contributed by atoms with Crippen molar-refractivity contribution in [3.05, 3.63) is 18.0 Å². The molecule has 0 spiro atoms. The number of urea groups is 1. The molecule has 1 aromatic rings. The number of hydrogen-bond acceptors (Lipinski definition) is 3. The smallest absolute Gasteiger partial charge is 0.314 e. The third-order valence-corrected chi connectivity index (χ3v) is 2.69. The lowest BCUT2D eigenvalue weighted by Gasteiger charge is -2.07. The second-order valence-electron chi connectivity index (χ2n) is 4.23. The van der Waals surface area contributed by atoms with Crippen LogP contribution < -0.4 is 10.6 Å². The minimum absolute atomic E-state index is 0.143. The van der Waals surface area contributed by atoms with Gasteiger partial charge in [0.05, 0.1) is 0 Å². The zero-order valence-electron chi connectivity index (χ0n) is 11.1. The third-order valence-electron chi connectivity index (χ3n) is 2.69. The van der Waals surface area contributed by atoms with E-state index in [1.165, 1.54) is 0 Å². The van der Waals surface area contributed by atoms with Crippen LogP contribution in [0.25, 0.3) is 0 Å². The summed E-state index contributed by atoms with van der Waals surface area (Å²) in [5.41, 5.74) is 1.06. The average molecular weight is 268 g/mol. The Labute approximate surface area is 112 Å². The first-order valence-electron chi connectivity index (χ1n) is 6.30. The molecule has 0 saturated heterocycles. The van der Waals surface area contributed by atoms with Gasteiger partial charge in [0.15, 0.2) is 0 Å². The molecule has 3 N–H and O–H groups in total. The maximum Gasteiger partial charge on any atom is 0.314 e. The summed E-state index contributed by atoms with van der Waals surface area (Å²) in [4.78, 5) is 21.7. The molecule has 7 heteroatoms. The van der Waals surface area contributed by atoms with Crippen LogP contribution in [0, 0.1) is 0 Å². The molecule has 1 rings (SSSR count). The van der Waals surface area contributed by atoms with E-state index in [1.807, 2.05) is 13.1 Å². The standard InChI is InChI=1S/C12H20N4O3/c1-16-10(6-9-15-16)5-8-14-12(19)13-7-3-2-4-11(17)18/h6,9H,2-5,7-8H2,1H3,(H,17,18)(H2,13,14,19). The van der Waals surface area contributed by atoms with E-state index < -0.39 is 5.97 Å². The van der Waals surface area contributed by atoms with E-state index in [-0.39, 0.29) is 12.5 Å². The fraction of sp³-hybridized carbons (Fsp3) is 0.583. The van der Waals surface area contributed by atoms with Gasteiger partial charge in [-0.25, -0.2) is 4.79 Å². The van der Waals surface area contributed by atoms with Crippen LogP contribution in [0.15, 0.2) is 12.3 Å². The zero-order valence-corrected chi connectivity index (χ0v) is 11.1. The van der Waals surface area contributed by atoms with Gasteiger partial charge in [0.25, 0.3) is 0 Å². The van der Waals surface area contributed by atoms with Gasteiger partial charge >= 0.3 is 12.0 Å². The first-order chi connectivity index (χ1) is 9.09. The predicted octanol–water partition coefficient (Wildman–Crippen LogP) is 0.517. The van der Waals surface area contributed by atoms with Crippen LogP contribution in [0.1, 0.15) is 25.0 Å². The van der Waals surface area contributed by atoms with Crippen LogP contribution in [-0.4, -0.2) is 40.0 Å². The average Bonchev–Trinajstić information content (AvgIpc) is 2.74. The number of nitrogens with one attached hydrogen (secondary N) is 2. The number of rotatable bonds is 8. The van der Waals surface area contributed by atoms with E-state index in [0.29, 0.717) is 25.9 Å². The molecule has 0 saturated carbocycles. The van der Waals surface area contributed by atoms with E-state index >= 15 is 0 Å². The van der Waals surface area contributed by atoms with Gasteiger partial charge in [-0.15, -0.1) is 0 Å². The molecular weight excluding hydrogens is 248 g/mol. The molecule has 0 aliphatic carbocycles. The summed E-state index contributed by atoms with van der Waals surface area (Å²) < 4.78 is 1.77. The predicted molar refractivity (Wildman–Crippen MR) is 69.8 cm³/mol. The van der Waals surface area contributed by atoms with Crippen molar-refractivity contribution in [3.8, 4) is 0 Å². The van der Waals surface area contributed by atoms with Gasteiger partial charge in [0.1, 0.15) is 0 Å². The third kappa shape index (κ3) is 6.44. The molecule has 0 aromatic carbocycles. The summed E-state index contributed by atoms with van der Waals surface area (Å²) in [6, 6.07) is 1.68. The largest absolute Gasteiger partial charge is 0.481 e. The summed E-state index contributed by atoms with van der Waals surface area (Å²) in [7, 11) is 1.86. The molecule has 0 aliphatic heterocycles. The highest BCUT2D eigenvalue weighted by molar-refractivity contribution is 5.73. The first-order valence-corrected chi connectivity index (χ1v) is 6.30. The number of carboxylic acid groups (broad SMARTS) is 1. The number of nitrogens with zero attached hydrogens (tertiary/aromatic N) is 2. The molecule has 1 heterocycles. The highest BCUT2D eigenvalue weighted by Crippen LogP contribution is 1.96. The first kappa shape index (κ1) is 15.0. The Kier molecular flexibility index (Phi) is 6.42. The second kappa shape index (κ2) is 8.12. The number of carbonyl (C=O) groups is 2. The van der Waals surface area contributed by atoms with Crippen LogP contribution in [0.4, 0.5) is 4.79 Å². The minimum Gasteiger partial charge on any atom is -0.481 e. The number of aromatic nitrogens is 2. The molecule has 0 fully saturated rings. The summed E-state index contributed by atoms with van der Waals surface area (Å²) in [5, 5.41) is 17.9.